The maximum atomic E-state index is 13.1. The molecule has 4 heteroatoms. The summed E-state index contributed by atoms with van der Waals surface area (Å²) in [6.45, 7) is 0.122. The first-order valence-electron chi connectivity index (χ1n) is 6.50. The van der Waals surface area contributed by atoms with Gasteiger partial charge in [-0.15, -0.1) is 0 Å². The van der Waals surface area contributed by atoms with Gasteiger partial charge >= 0.3 is 0 Å². The highest BCUT2D eigenvalue weighted by Gasteiger charge is 2.10. The Morgan fingerprint density at radius 2 is 2.21 bits per heavy atom. The van der Waals surface area contributed by atoms with E-state index in [9.17, 15) is 9.50 Å². The average Bonchev–Trinajstić information content (AvgIpc) is 2.80. The molecule has 0 aliphatic carbocycles. The molecule has 19 heavy (non-hydrogen) atoms. The van der Waals surface area contributed by atoms with Crippen LogP contribution >= 0.6 is 0 Å². The van der Waals surface area contributed by atoms with Crippen LogP contribution in [0.1, 0.15) is 17.5 Å². The summed E-state index contributed by atoms with van der Waals surface area (Å²) in [4.78, 5) is 0. The van der Waals surface area contributed by atoms with E-state index in [1.165, 1.54) is 17.7 Å². The minimum absolute atomic E-state index is 0.122. The van der Waals surface area contributed by atoms with Crippen molar-refractivity contribution in [3.8, 4) is 0 Å². The molecule has 0 aliphatic heterocycles. The number of aliphatic hydroxyl groups is 1. The minimum Gasteiger partial charge on any atom is -0.396 e. The van der Waals surface area contributed by atoms with Gasteiger partial charge in [-0.05, 0) is 48.4 Å². The predicted molar refractivity (Wildman–Crippen MR) is 72.2 cm³/mol. The Balaban J connectivity index is 1.89. The van der Waals surface area contributed by atoms with Crippen molar-refractivity contribution >= 4 is 0 Å². The summed E-state index contributed by atoms with van der Waals surface area (Å²) in [7, 11) is 1.89. The number of halogens is 1. The van der Waals surface area contributed by atoms with Crippen LogP contribution in [0.3, 0.4) is 0 Å². The molecule has 0 amide bonds. The SMILES string of the molecule is Cn1cc(CCC(CO)Cc2cccc(F)c2)cn1. The van der Waals surface area contributed by atoms with Crippen LogP contribution in [0.5, 0.6) is 0 Å². The first kappa shape index (κ1) is 13.7. The summed E-state index contributed by atoms with van der Waals surface area (Å²) in [6.07, 6.45) is 6.29. The van der Waals surface area contributed by atoms with Gasteiger partial charge in [0.2, 0.25) is 0 Å². The molecule has 1 unspecified atom stereocenters. The predicted octanol–water partition coefficient (Wildman–Crippen LogP) is 2.34. The fourth-order valence-electron chi connectivity index (χ4n) is 2.23. The third kappa shape index (κ3) is 4.17. The lowest BCUT2D eigenvalue weighted by atomic mass is 9.94. The van der Waals surface area contributed by atoms with Crippen molar-refractivity contribution in [2.24, 2.45) is 13.0 Å². The molecule has 0 bridgehead atoms. The fraction of sp³-hybridized carbons (Fsp3) is 0.400. The van der Waals surface area contributed by atoms with Gasteiger partial charge in [-0.2, -0.15) is 5.10 Å². The van der Waals surface area contributed by atoms with E-state index in [-0.39, 0.29) is 18.3 Å². The molecule has 1 aromatic carbocycles. The van der Waals surface area contributed by atoms with Crippen molar-refractivity contribution in [2.45, 2.75) is 19.3 Å². The average molecular weight is 262 g/mol. The Hall–Kier alpha value is -1.68. The van der Waals surface area contributed by atoms with Crippen LogP contribution in [0.25, 0.3) is 0 Å². The Kier molecular flexibility index (Phi) is 4.68. The zero-order chi connectivity index (χ0) is 13.7. The van der Waals surface area contributed by atoms with Gasteiger partial charge in [0.15, 0.2) is 0 Å². The third-order valence-corrected chi connectivity index (χ3v) is 3.27. The second kappa shape index (κ2) is 6.48. The van der Waals surface area contributed by atoms with Crippen molar-refractivity contribution < 1.29 is 9.50 Å². The van der Waals surface area contributed by atoms with Crippen LogP contribution in [0.15, 0.2) is 36.7 Å². The zero-order valence-electron chi connectivity index (χ0n) is 11.1. The molecule has 1 aromatic heterocycles. The second-order valence-corrected chi connectivity index (χ2v) is 4.94. The molecule has 2 rings (SSSR count). The molecular weight excluding hydrogens is 243 g/mol. The Labute approximate surface area is 112 Å². The summed E-state index contributed by atoms with van der Waals surface area (Å²) in [5.74, 6) is -0.0662. The molecule has 0 saturated heterocycles. The van der Waals surface area contributed by atoms with Crippen LogP contribution in [0, 0.1) is 11.7 Å². The lowest BCUT2D eigenvalue weighted by Gasteiger charge is -2.13. The maximum Gasteiger partial charge on any atom is 0.123 e. The molecular formula is C15H19FN2O. The highest BCUT2D eigenvalue weighted by atomic mass is 19.1. The lowest BCUT2D eigenvalue weighted by molar-refractivity contribution is 0.218. The monoisotopic (exact) mass is 262 g/mol. The van der Waals surface area contributed by atoms with Gasteiger partial charge < -0.3 is 5.11 Å². The van der Waals surface area contributed by atoms with Gasteiger partial charge in [0.25, 0.3) is 0 Å². The summed E-state index contributed by atoms with van der Waals surface area (Å²) >= 11 is 0. The standard InChI is InChI=1S/C15H19FN2O/c1-18-10-14(9-17-18)6-5-13(11-19)7-12-3-2-4-15(16)8-12/h2-4,8-10,13,19H,5-7,11H2,1H3. The number of aliphatic hydroxyl groups excluding tert-OH is 1. The summed E-state index contributed by atoms with van der Waals surface area (Å²) in [5.41, 5.74) is 2.10. The smallest absolute Gasteiger partial charge is 0.123 e. The first-order valence-corrected chi connectivity index (χ1v) is 6.50. The Morgan fingerprint density at radius 1 is 1.37 bits per heavy atom. The number of benzene rings is 1. The largest absolute Gasteiger partial charge is 0.396 e. The Bertz CT molecular complexity index is 524. The number of aromatic nitrogens is 2. The number of hydrogen-bond donors (Lipinski definition) is 1. The summed E-state index contributed by atoms with van der Waals surface area (Å²) < 4.78 is 14.9. The van der Waals surface area contributed by atoms with E-state index in [2.05, 4.69) is 5.10 Å². The van der Waals surface area contributed by atoms with E-state index in [1.807, 2.05) is 25.5 Å². The van der Waals surface area contributed by atoms with E-state index >= 15 is 0 Å². The van der Waals surface area contributed by atoms with E-state index in [1.54, 1.807) is 10.7 Å². The van der Waals surface area contributed by atoms with E-state index in [0.717, 1.165) is 18.4 Å². The molecule has 0 aliphatic rings. The number of hydrogen-bond acceptors (Lipinski definition) is 2. The van der Waals surface area contributed by atoms with Gasteiger partial charge in [0, 0.05) is 19.9 Å². The first-order chi connectivity index (χ1) is 9.17. The molecule has 1 atom stereocenters. The summed E-state index contributed by atoms with van der Waals surface area (Å²) in [6, 6.07) is 6.58. The van der Waals surface area contributed by atoms with Crippen molar-refractivity contribution in [3.63, 3.8) is 0 Å². The van der Waals surface area contributed by atoms with Crippen molar-refractivity contribution in [2.75, 3.05) is 6.61 Å². The molecule has 1 heterocycles. The molecule has 102 valence electrons. The van der Waals surface area contributed by atoms with Crippen LogP contribution in [0.2, 0.25) is 0 Å². The lowest BCUT2D eigenvalue weighted by Crippen LogP contribution is -2.11. The normalized spacial score (nSPS) is 12.6. The molecule has 2 aromatic rings. The van der Waals surface area contributed by atoms with Gasteiger partial charge in [-0.3, -0.25) is 4.68 Å². The fourth-order valence-corrected chi connectivity index (χ4v) is 2.23. The van der Waals surface area contributed by atoms with Crippen molar-refractivity contribution in [1.29, 1.82) is 0 Å². The van der Waals surface area contributed by atoms with Crippen molar-refractivity contribution in [1.82, 2.24) is 9.78 Å². The second-order valence-electron chi connectivity index (χ2n) is 4.94. The van der Waals surface area contributed by atoms with Crippen LogP contribution in [0.4, 0.5) is 4.39 Å². The van der Waals surface area contributed by atoms with Gasteiger partial charge in [0.1, 0.15) is 5.82 Å². The number of rotatable bonds is 6. The van der Waals surface area contributed by atoms with Crippen molar-refractivity contribution in [3.05, 3.63) is 53.6 Å². The zero-order valence-corrected chi connectivity index (χ0v) is 11.1. The van der Waals surface area contributed by atoms with Gasteiger partial charge in [0.05, 0.1) is 6.20 Å². The molecule has 0 radical (unpaired) electrons. The Morgan fingerprint density at radius 3 is 2.84 bits per heavy atom. The quantitative estimate of drug-likeness (QED) is 0.867. The number of nitrogens with zero attached hydrogens (tertiary/aromatic N) is 2. The van der Waals surface area contributed by atoms with E-state index < -0.39 is 0 Å². The topological polar surface area (TPSA) is 38.0 Å². The van der Waals surface area contributed by atoms with Crippen LogP contribution in [-0.2, 0) is 19.9 Å². The molecule has 0 fully saturated rings. The van der Waals surface area contributed by atoms with Gasteiger partial charge in [-0.1, -0.05) is 12.1 Å². The minimum atomic E-state index is -0.221. The summed E-state index contributed by atoms with van der Waals surface area (Å²) in [5, 5.41) is 13.5. The highest BCUT2D eigenvalue weighted by molar-refractivity contribution is 5.17. The maximum absolute atomic E-state index is 13.1. The van der Waals surface area contributed by atoms with Gasteiger partial charge in [-0.25, -0.2) is 4.39 Å². The molecule has 3 nitrogen and oxygen atoms in total. The third-order valence-electron chi connectivity index (χ3n) is 3.27. The molecule has 1 N–H and O–H groups in total. The van der Waals surface area contributed by atoms with Crippen LogP contribution < -0.4 is 0 Å². The highest BCUT2D eigenvalue weighted by Crippen LogP contribution is 2.15. The number of aryl methyl sites for hydroxylation is 2. The van der Waals surface area contributed by atoms with E-state index in [0.29, 0.717) is 6.42 Å². The molecule has 0 spiro atoms. The molecule has 0 saturated carbocycles. The van der Waals surface area contributed by atoms with E-state index in [4.69, 9.17) is 0 Å². The van der Waals surface area contributed by atoms with Crippen LogP contribution in [-0.4, -0.2) is 21.5 Å².